The van der Waals surface area contributed by atoms with Crippen LogP contribution in [-0.2, 0) is 10.8 Å². The maximum Gasteiger partial charge on any atom is 0.623 e. The molecular formula is C22H25BO3Si. The molecular weight excluding hydrogens is 351 g/mol. The van der Waals surface area contributed by atoms with E-state index in [1.807, 2.05) is 72.8 Å². The van der Waals surface area contributed by atoms with E-state index in [0.717, 1.165) is 34.8 Å². The summed E-state index contributed by atoms with van der Waals surface area (Å²) in [4.78, 5) is 0. The van der Waals surface area contributed by atoms with Gasteiger partial charge in [0.05, 0.1) is 0 Å². The van der Waals surface area contributed by atoms with Crippen LogP contribution in [-0.4, -0.2) is 25.7 Å². The van der Waals surface area contributed by atoms with Gasteiger partial charge in [-0.2, -0.15) is 0 Å². The van der Waals surface area contributed by atoms with Crippen molar-refractivity contribution < 1.29 is 14.4 Å². The van der Waals surface area contributed by atoms with Crippen molar-refractivity contribution in [2.24, 2.45) is 0 Å². The highest BCUT2D eigenvalue weighted by Gasteiger charge is 2.45. The highest BCUT2D eigenvalue weighted by Crippen LogP contribution is 2.14. The van der Waals surface area contributed by atoms with Gasteiger partial charge < -0.3 is 14.4 Å². The molecule has 0 atom stereocenters. The summed E-state index contributed by atoms with van der Waals surface area (Å²) >= 11 is 0. The Hall–Kier alpha value is -2.18. The average molecular weight is 376 g/mol. The Bertz CT molecular complexity index is 801. The van der Waals surface area contributed by atoms with Gasteiger partial charge in [-0.15, -0.1) is 0 Å². The third-order valence-electron chi connectivity index (χ3n) is 4.84. The predicted octanol–water partition coefficient (Wildman–Crippen LogP) is 1.98. The van der Waals surface area contributed by atoms with E-state index >= 15 is 0 Å². The molecule has 27 heavy (non-hydrogen) atoms. The second-order valence-corrected chi connectivity index (χ2v) is 9.91. The maximum absolute atomic E-state index is 9.91. The van der Waals surface area contributed by atoms with Crippen LogP contribution >= 0.6 is 0 Å². The van der Waals surface area contributed by atoms with E-state index in [4.69, 9.17) is 4.34 Å². The molecule has 0 aliphatic heterocycles. The van der Waals surface area contributed by atoms with Gasteiger partial charge in [-0.3, -0.25) is 0 Å². The third kappa shape index (κ3) is 4.22. The first-order valence-electron chi connectivity index (χ1n) is 9.42. The summed E-state index contributed by atoms with van der Waals surface area (Å²) in [7, 11) is -4.93. The van der Waals surface area contributed by atoms with E-state index in [9.17, 15) is 10.0 Å². The molecule has 3 nitrogen and oxygen atoms in total. The van der Waals surface area contributed by atoms with E-state index in [1.165, 1.54) is 5.56 Å². The Morgan fingerprint density at radius 1 is 0.778 bits per heavy atom. The smallest absolute Gasteiger partial charge is 0.417 e. The molecule has 0 fully saturated rings. The molecule has 0 amide bonds. The van der Waals surface area contributed by atoms with Gasteiger partial charge in [0.1, 0.15) is 0 Å². The molecule has 0 saturated heterocycles. The van der Waals surface area contributed by atoms with Crippen molar-refractivity contribution in [2.75, 3.05) is 0 Å². The number of hydrogen-bond acceptors (Lipinski definition) is 3. The zero-order chi connectivity index (χ0) is 19.1. The van der Waals surface area contributed by atoms with Gasteiger partial charge in [-0.25, -0.2) is 0 Å². The molecule has 3 rings (SSSR count). The minimum absolute atomic E-state index is 0.936. The summed E-state index contributed by atoms with van der Waals surface area (Å²) in [6.07, 6.45) is 3.11. The van der Waals surface area contributed by atoms with Crippen LogP contribution in [0.15, 0.2) is 84.9 Å². The fraction of sp³-hybridized carbons (Fsp3) is 0.182. The lowest BCUT2D eigenvalue weighted by Gasteiger charge is -2.34. The average Bonchev–Trinajstić information content (AvgIpc) is 2.72. The van der Waals surface area contributed by atoms with Crippen LogP contribution in [0.25, 0.3) is 0 Å². The third-order valence-corrected chi connectivity index (χ3v) is 8.94. The molecule has 0 unspecified atom stereocenters. The molecule has 0 bridgehead atoms. The zero-order valence-electron chi connectivity index (χ0n) is 15.6. The molecule has 0 saturated carbocycles. The van der Waals surface area contributed by atoms with E-state index in [1.54, 1.807) is 0 Å². The van der Waals surface area contributed by atoms with Crippen molar-refractivity contribution in [3.05, 3.63) is 90.5 Å². The zero-order valence-corrected chi connectivity index (χ0v) is 16.6. The standard InChI is InChI=1S/C22H25BO3Si/c1-2-3-12-19-13-10-11-18-22(19)27(26-23(24)25,20-14-6-4-7-15-20)21-16-8-5-9-17-21/h4-11,13-18,24-25H,2-3,12H2,1H3. The van der Waals surface area contributed by atoms with Crippen molar-refractivity contribution in [1.82, 2.24) is 0 Å². The van der Waals surface area contributed by atoms with E-state index in [-0.39, 0.29) is 0 Å². The van der Waals surface area contributed by atoms with Gasteiger partial charge in [-0.05, 0) is 34.0 Å². The van der Waals surface area contributed by atoms with Crippen LogP contribution < -0.4 is 15.6 Å². The SMILES string of the molecule is CCCCc1ccccc1[Si](OB(O)O)(c1ccccc1)c1ccccc1. The van der Waals surface area contributed by atoms with Crippen molar-refractivity contribution in [3.8, 4) is 0 Å². The first-order valence-corrected chi connectivity index (χ1v) is 11.3. The molecule has 2 N–H and O–H groups in total. The van der Waals surface area contributed by atoms with Crippen molar-refractivity contribution >= 4 is 31.2 Å². The van der Waals surface area contributed by atoms with Crippen LogP contribution in [0.3, 0.4) is 0 Å². The number of rotatable bonds is 8. The van der Waals surface area contributed by atoms with Gasteiger partial charge in [0.25, 0.3) is 8.32 Å². The molecule has 0 aromatic heterocycles. The lowest BCUT2D eigenvalue weighted by molar-refractivity contribution is 0.290. The Labute approximate surface area is 162 Å². The topological polar surface area (TPSA) is 49.7 Å². The fourth-order valence-corrected chi connectivity index (χ4v) is 7.62. The second kappa shape index (κ2) is 9.15. The van der Waals surface area contributed by atoms with Crippen LogP contribution in [0, 0.1) is 0 Å². The Kier molecular flexibility index (Phi) is 6.64. The van der Waals surface area contributed by atoms with E-state index in [0.29, 0.717) is 0 Å². The first kappa shape index (κ1) is 19.6. The van der Waals surface area contributed by atoms with E-state index in [2.05, 4.69) is 19.1 Å². The maximum atomic E-state index is 9.91. The molecule has 3 aromatic rings. The highest BCUT2D eigenvalue weighted by atomic mass is 28.4. The summed E-state index contributed by atoms with van der Waals surface area (Å²) in [5.41, 5.74) is 1.21. The van der Waals surface area contributed by atoms with Crippen LogP contribution in [0.2, 0.25) is 0 Å². The first-order chi connectivity index (χ1) is 13.2. The largest absolute Gasteiger partial charge is 0.623 e. The fourth-order valence-electron chi connectivity index (χ4n) is 3.63. The monoisotopic (exact) mass is 376 g/mol. The Morgan fingerprint density at radius 3 is 1.81 bits per heavy atom. The normalized spacial score (nSPS) is 11.4. The number of unbranched alkanes of at least 4 members (excludes halogenated alkanes) is 1. The van der Waals surface area contributed by atoms with E-state index < -0.39 is 15.6 Å². The van der Waals surface area contributed by atoms with Gasteiger partial charge in [0.2, 0.25) is 0 Å². The Balaban J connectivity index is 2.30. The summed E-state index contributed by atoms with van der Waals surface area (Å²) in [5, 5.41) is 22.9. The van der Waals surface area contributed by atoms with Gasteiger partial charge in [0, 0.05) is 0 Å². The van der Waals surface area contributed by atoms with Crippen LogP contribution in [0.1, 0.15) is 25.3 Å². The second-order valence-electron chi connectivity index (χ2n) is 6.62. The van der Waals surface area contributed by atoms with Crippen molar-refractivity contribution in [2.45, 2.75) is 26.2 Å². The Morgan fingerprint density at radius 2 is 1.30 bits per heavy atom. The summed E-state index contributed by atoms with van der Waals surface area (Å²) in [5.74, 6) is 0. The molecule has 0 aliphatic carbocycles. The molecule has 3 aromatic carbocycles. The van der Waals surface area contributed by atoms with Crippen LogP contribution in [0.4, 0.5) is 0 Å². The van der Waals surface area contributed by atoms with Gasteiger partial charge >= 0.3 is 7.32 Å². The molecule has 0 heterocycles. The quantitative estimate of drug-likeness (QED) is 0.467. The number of aryl methyl sites for hydroxylation is 1. The van der Waals surface area contributed by atoms with Gasteiger partial charge in [0.15, 0.2) is 0 Å². The van der Waals surface area contributed by atoms with Gasteiger partial charge in [-0.1, -0.05) is 98.3 Å². The summed E-state index contributed by atoms with van der Waals surface area (Å²) < 4.78 is 6.07. The number of hydrogen-bond donors (Lipinski definition) is 2. The van der Waals surface area contributed by atoms with Crippen molar-refractivity contribution in [3.63, 3.8) is 0 Å². The molecule has 0 spiro atoms. The lowest BCUT2D eigenvalue weighted by atomic mass is 10.1. The molecule has 5 heteroatoms. The predicted molar refractivity (Wildman–Crippen MR) is 114 cm³/mol. The summed E-state index contributed by atoms with van der Waals surface area (Å²) in [6.45, 7) is 2.18. The molecule has 0 radical (unpaired) electrons. The minimum atomic E-state index is -3.08. The lowest BCUT2D eigenvalue weighted by Crippen LogP contribution is -2.71. The molecule has 0 aliphatic rings. The van der Waals surface area contributed by atoms with Crippen molar-refractivity contribution in [1.29, 1.82) is 0 Å². The van der Waals surface area contributed by atoms with Crippen LogP contribution in [0.5, 0.6) is 0 Å². The highest BCUT2D eigenvalue weighted by molar-refractivity contribution is 7.09. The minimum Gasteiger partial charge on any atom is -0.417 e. The molecule has 138 valence electrons. The number of benzene rings is 3. The summed E-state index contributed by atoms with van der Waals surface area (Å²) in [6, 6.07) is 28.2.